The van der Waals surface area contributed by atoms with Crippen LogP contribution in [0.15, 0.2) is 12.1 Å². The molecule has 1 aromatic carbocycles. The fourth-order valence-electron chi connectivity index (χ4n) is 1.10. The van der Waals surface area contributed by atoms with E-state index in [0.29, 0.717) is 0 Å². The molecule has 0 aromatic heterocycles. The van der Waals surface area contributed by atoms with Crippen molar-refractivity contribution in [3.63, 3.8) is 0 Å². The number of hydrogen-bond acceptors (Lipinski definition) is 5. The summed E-state index contributed by atoms with van der Waals surface area (Å²) in [5, 5.41) is 9.63. The van der Waals surface area contributed by atoms with Gasteiger partial charge in [0.2, 0.25) is 0 Å². The second kappa shape index (κ2) is 5.60. The van der Waals surface area contributed by atoms with Gasteiger partial charge >= 0.3 is 0 Å². The highest BCUT2D eigenvalue weighted by molar-refractivity contribution is 6.63. The molecule has 0 atom stereocenters. The lowest BCUT2D eigenvalue weighted by Gasteiger charge is -2.05. The summed E-state index contributed by atoms with van der Waals surface area (Å²) in [5.41, 5.74) is -0.745. The average Bonchev–Trinajstić information content (AvgIpc) is 2.24. The van der Waals surface area contributed by atoms with E-state index < -0.39 is 22.5 Å². The van der Waals surface area contributed by atoms with Crippen molar-refractivity contribution in [1.29, 1.82) is 0 Å². The lowest BCUT2D eigenvalue weighted by molar-refractivity contribution is -0.384. The van der Waals surface area contributed by atoms with Crippen molar-refractivity contribution in [1.82, 2.24) is 0 Å². The lowest BCUT2D eigenvalue weighted by atomic mass is 10.2. The predicted octanol–water partition coefficient (Wildman–Crippen LogP) is 2.20. The maximum atomic E-state index is 10.7. The Morgan fingerprint density at radius 3 is 2.65 bits per heavy atom. The molecule has 0 unspecified atom stereocenters. The summed E-state index contributed by atoms with van der Waals surface area (Å²) >= 11 is 10.7. The van der Waals surface area contributed by atoms with Crippen LogP contribution in [-0.2, 0) is 4.79 Å². The minimum Gasteiger partial charge on any atom is -0.484 e. The molecular formula is C9H5Cl2NO5. The Bertz CT molecular complexity index is 489. The van der Waals surface area contributed by atoms with Crippen LogP contribution in [0.4, 0.5) is 5.69 Å². The number of carbonyl (C=O) groups is 2. The molecule has 0 saturated heterocycles. The normalized spacial score (nSPS) is 9.76. The van der Waals surface area contributed by atoms with Crippen LogP contribution in [-0.4, -0.2) is 23.1 Å². The van der Waals surface area contributed by atoms with Crippen LogP contribution < -0.4 is 4.74 Å². The first kappa shape index (κ1) is 13.4. The first-order chi connectivity index (χ1) is 7.95. The minimum absolute atomic E-state index is 0.0525. The topological polar surface area (TPSA) is 86.5 Å². The van der Waals surface area contributed by atoms with Gasteiger partial charge in [0.15, 0.2) is 12.9 Å². The van der Waals surface area contributed by atoms with Gasteiger partial charge in [-0.05, 0) is 17.7 Å². The van der Waals surface area contributed by atoms with E-state index in [2.05, 4.69) is 0 Å². The standard InChI is InChI=1S/C9H5Cl2NO5/c10-7-2-6(17-4-8(11)14)1-5(3-13)9(7)12(15)16/h1-3H,4H2. The van der Waals surface area contributed by atoms with Crippen molar-refractivity contribution in [3.05, 3.63) is 32.8 Å². The number of nitrogens with zero attached hydrogens (tertiary/aromatic N) is 1. The summed E-state index contributed by atoms with van der Waals surface area (Å²) in [5.74, 6) is 0.0525. The highest BCUT2D eigenvalue weighted by Gasteiger charge is 2.20. The van der Waals surface area contributed by atoms with E-state index in [0.717, 1.165) is 12.1 Å². The molecule has 1 aromatic rings. The highest BCUT2D eigenvalue weighted by Crippen LogP contribution is 2.32. The van der Waals surface area contributed by atoms with Gasteiger partial charge < -0.3 is 4.74 Å². The Hall–Kier alpha value is -1.66. The van der Waals surface area contributed by atoms with Crippen molar-refractivity contribution in [2.24, 2.45) is 0 Å². The third kappa shape index (κ3) is 3.40. The van der Waals surface area contributed by atoms with Gasteiger partial charge in [-0.2, -0.15) is 0 Å². The van der Waals surface area contributed by atoms with Gasteiger partial charge in [0.25, 0.3) is 10.9 Å². The molecule has 17 heavy (non-hydrogen) atoms. The van der Waals surface area contributed by atoms with Gasteiger partial charge in [0.05, 0.1) is 10.5 Å². The monoisotopic (exact) mass is 277 g/mol. The quantitative estimate of drug-likeness (QED) is 0.356. The van der Waals surface area contributed by atoms with E-state index in [4.69, 9.17) is 27.9 Å². The number of hydrogen-bond donors (Lipinski definition) is 0. The summed E-state index contributed by atoms with van der Waals surface area (Å²) in [6.45, 7) is -0.423. The van der Waals surface area contributed by atoms with Crippen LogP contribution >= 0.6 is 23.2 Å². The second-order valence-corrected chi connectivity index (χ2v) is 3.69. The smallest absolute Gasteiger partial charge is 0.298 e. The third-order valence-electron chi connectivity index (χ3n) is 1.73. The molecular weight excluding hydrogens is 273 g/mol. The second-order valence-electron chi connectivity index (χ2n) is 2.86. The molecule has 8 heteroatoms. The number of nitro benzene ring substituents is 1. The molecule has 6 nitrogen and oxygen atoms in total. The highest BCUT2D eigenvalue weighted by atomic mass is 35.5. The summed E-state index contributed by atoms with van der Waals surface area (Å²) in [6.07, 6.45) is 0.277. The first-order valence-corrected chi connectivity index (χ1v) is 4.95. The Labute approximate surface area is 105 Å². The van der Waals surface area contributed by atoms with E-state index >= 15 is 0 Å². The predicted molar refractivity (Wildman–Crippen MR) is 59.8 cm³/mol. The summed E-state index contributed by atoms with van der Waals surface area (Å²) in [7, 11) is 0. The largest absolute Gasteiger partial charge is 0.484 e. The van der Waals surface area contributed by atoms with Gasteiger partial charge in [-0.25, -0.2) is 0 Å². The molecule has 0 radical (unpaired) electrons. The fraction of sp³-hybridized carbons (Fsp3) is 0.111. The molecule has 0 bridgehead atoms. The zero-order valence-electron chi connectivity index (χ0n) is 8.18. The average molecular weight is 278 g/mol. The zero-order chi connectivity index (χ0) is 13.0. The van der Waals surface area contributed by atoms with Crippen LogP contribution in [0.25, 0.3) is 0 Å². The van der Waals surface area contributed by atoms with Gasteiger partial charge in [-0.3, -0.25) is 19.7 Å². The van der Waals surface area contributed by atoms with E-state index in [1.165, 1.54) is 0 Å². The molecule has 0 amide bonds. The molecule has 90 valence electrons. The van der Waals surface area contributed by atoms with Crippen molar-refractivity contribution in [3.8, 4) is 5.75 Å². The number of benzene rings is 1. The number of rotatable bonds is 5. The van der Waals surface area contributed by atoms with Crippen molar-refractivity contribution in [2.75, 3.05) is 6.61 Å². The molecule has 0 aliphatic carbocycles. The van der Waals surface area contributed by atoms with E-state index in [9.17, 15) is 19.7 Å². The summed E-state index contributed by atoms with van der Waals surface area (Å²) < 4.78 is 4.88. The van der Waals surface area contributed by atoms with Crippen LogP contribution in [0.1, 0.15) is 10.4 Å². The van der Waals surface area contributed by atoms with Crippen LogP contribution in [0, 0.1) is 10.1 Å². The maximum absolute atomic E-state index is 10.7. The zero-order valence-corrected chi connectivity index (χ0v) is 9.70. The van der Waals surface area contributed by atoms with E-state index in [1.807, 2.05) is 0 Å². The van der Waals surface area contributed by atoms with Crippen LogP contribution in [0.3, 0.4) is 0 Å². The molecule has 0 spiro atoms. The lowest BCUT2D eigenvalue weighted by Crippen LogP contribution is -2.05. The van der Waals surface area contributed by atoms with Gasteiger partial charge in [0, 0.05) is 6.07 Å². The number of halogens is 2. The van der Waals surface area contributed by atoms with Crippen molar-refractivity contribution < 1.29 is 19.2 Å². The van der Waals surface area contributed by atoms with E-state index in [-0.39, 0.29) is 22.6 Å². The third-order valence-corrected chi connectivity index (χ3v) is 2.13. The van der Waals surface area contributed by atoms with E-state index in [1.54, 1.807) is 0 Å². The Kier molecular flexibility index (Phi) is 4.42. The number of nitro groups is 1. The molecule has 0 heterocycles. The molecule has 1 rings (SSSR count). The summed E-state index contributed by atoms with van der Waals surface area (Å²) in [6, 6.07) is 2.24. The summed E-state index contributed by atoms with van der Waals surface area (Å²) in [4.78, 5) is 31.0. The molecule has 0 N–H and O–H groups in total. The molecule has 0 fully saturated rings. The van der Waals surface area contributed by atoms with Crippen molar-refractivity contribution in [2.45, 2.75) is 0 Å². The van der Waals surface area contributed by atoms with Gasteiger partial charge in [-0.15, -0.1) is 0 Å². The molecule has 0 saturated carbocycles. The Balaban J connectivity index is 3.13. The molecule has 0 aliphatic rings. The van der Waals surface area contributed by atoms with Crippen LogP contribution in [0.5, 0.6) is 5.75 Å². The maximum Gasteiger partial charge on any atom is 0.298 e. The number of aldehydes is 1. The van der Waals surface area contributed by atoms with Crippen LogP contribution in [0.2, 0.25) is 5.02 Å². The van der Waals surface area contributed by atoms with Gasteiger partial charge in [-0.1, -0.05) is 11.6 Å². The fourth-order valence-corrected chi connectivity index (χ4v) is 1.44. The number of ether oxygens (including phenoxy) is 1. The van der Waals surface area contributed by atoms with Gasteiger partial charge in [0.1, 0.15) is 10.8 Å². The van der Waals surface area contributed by atoms with Crippen molar-refractivity contribution >= 4 is 40.4 Å². The SMILES string of the molecule is O=Cc1cc(OCC(=O)Cl)cc(Cl)c1[N+](=O)[O-]. The molecule has 0 aliphatic heterocycles. The Morgan fingerprint density at radius 2 is 2.18 bits per heavy atom. The number of carbonyl (C=O) groups excluding carboxylic acids is 2. The minimum atomic E-state index is -0.775. The first-order valence-electron chi connectivity index (χ1n) is 4.20. The Morgan fingerprint density at radius 1 is 1.53 bits per heavy atom.